The van der Waals surface area contributed by atoms with Crippen molar-refractivity contribution in [1.82, 2.24) is 10.1 Å². The fourth-order valence-electron chi connectivity index (χ4n) is 2.39. The van der Waals surface area contributed by atoms with E-state index in [0.717, 1.165) is 12.8 Å². The number of hydrogen-bond acceptors (Lipinski definition) is 5. The van der Waals surface area contributed by atoms with Crippen molar-refractivity contribution < 1.29 is 8.94 Å². The second-order valence-corrected chi connectivity index (χ2v) is 4.74. The van der Waals surface area contributed by atoms with Crippen molar-refractivity contribution in [2.24, 2.45) is 5.73 Å². The number of nitrogens with two attached hydrogens (primary N) is 1. The van der Waals surface area contributed by atoms with Crippen molar-refractivity contribution in [1.29, 1.82) is 0 Å². The summed E-state index contributed by atoms with van der Waals surface area (Å²) in [5.41, 5.74) is 6.11. The van der Waals surface area contributed by atoms with Gasteiger partial charge in [0.25, 0.3) is 0 Å². The maximum absolute atomic E-state index is 6.27. The molecule has 0 aliphatic heterocycles. The summed E-state index contributed by atoms with van der Waals surface area (Å²) in [4.78, 5) is 4.31. The summed E-state index contributed by atoms with van der Waals surface area (Å²) in [5, 5.41) is 3.90. The summed E-state index contributed by atoms with van der Waals surface area (Å²) < 4.78 is 10.4. The lowest BCUT2D eigenvalue weighted by molar-refractivity contribution is 0.329. The molecule has 0 unspecified atom stereocenters. The van der Waals surface area contributed by atoms with Crippen molar-refractivity contribution in [3.05, 3.63) is 24.3 Å². The van der Waals surface area contributed by atoms with Crippen LogP contribution in [-0.4, -0.2) is 15.7 Å². The Morgan fingerprint density at radius 2 is 2.18 bits per heavy atom. The molecule has 5 nitrogen and oxygen atoms in total. The van der Waals surface area contributed by atoms with Gasteiger partial charge in [0, 0.05) is 12.0 Å². The molecule has 0 atom stereocenters. The van der Waals surface area contributed by atoms with Crippen LogP contribution in [0.4, 0.5) is 0 Å². The maximum Gasteiger partial charge on any atom is 0.238 e. The highest BCUT2D eigenvalue weighted by atomic mass is 16.5. The number of aromatic nitrogens is 2. The van der Waals surface area contributed by atoms with E-state index in [-0.39, 0.29) is 5.54 Å². The van der Waals surface area contributed by atoms with Gasteiger partial charge in [-0.2, -0.15) is 4.98 Å². The Morgan fingerprint density at radius 1 is 1.35 bits per heavy atom. The standard InChI is InChI=1S/C12H15N3O2/c13-12(5-1-2-6-12)8-10-14-11(15-17-10)9-4-3-7-16-9/h3-4,7H,1-2,5-6,8,13H2. The molecule has 0 spiro atoms. The molecule has 0 radical (unpaired) electrons. The van der Waals surface area contributed by atoms with Crippen LogP contribution in [0.5, 0.6) is 0 Å². The van der Waals surface area contributed by atoms with Crippen LogP contribution in [0.2, 0.25) is 0 Å². The average Bonchev–Trinajstić information content (AvgIpc) is 2.98. The molecular formula is C12H15N3O2. The molecule has 1 aliphatic carbocycles. The molecule has 1 saturated carbocycles. The van der Waals surface area contributed by atoms with Crippen molar-refractivity contribution in [2.75, 3.05) is 0 Å². The fourth-order valence-corrected chi connectivity index (χ4v) is 2.39. The molecular weight excluding hydrogens is 218 g/mol. The van der Waals surface area contributed by atoms with E-state index in [1.165, 1.54) is 12.8 Å². The Balaban J connectivity index is 1.77. The van der Waals surface area contributed by atoms with Crippen LogP contribution in [0.25, 0.3) is 11.6 Å². The van der Waals surface area contributed by atoms with E-state index in [4.69, 9.17) is 14.7 Å². The second-order valence-electron chi connectivity index (χ2n) is 4.74. The third kappa shape index (κ3) is 2.10. The molecule has 0 aromatic carbocycles. The quantitative estimate of drug-likeness (QED) is 0.878. The van der Waals surface area contributed by atoms with Gasteiger partial charge in [-0.05, 0) is 25.0 Å². The van der Waals surface area contributed by atoms with Crippen LogP contribution >= 0.6 is 0 Å². The lowest BCUT2D eigenvalue weighted by Crippen LogP contribution is -2.38. The highest BCUT2D eigenvalue weighted by Gasteiger charge is 2.31. The van der Waals surface area contributed by atoms with E-state index in [2.05, 4.69) is 10.1 Å². The van der Waals surface area contributed by atoms with Gasteiger partial charge in [0.05, 0.1) is 6.26 Å². The van der Waals surface area contributed by atoms with E-state index in [9.17, 15) is 0 Å². The zero-order valence-corrected chi connectivity index (χ0v) is 9.56. The van der Waals surface area contributed by atoms with E-state index in [1.807, 2.05) is 6.07 Å². The summed E-state index contributed by atoms with van der Waals surface area (Å²) in [6, 6.07) is 3.61. The van der Waals surface area contributed by atoms with Gasteiger partial charge in [0.15, 0.2) is 5.76 Å². The summed E-state index contributed by atoms with van der Waals surface area (Å²) >= 11 is 0. The minimum absolute atomic E-state index is 0.160. The first-order valence-corrected chi connectivity index (χ1v) is 5.91. The molecule has 1 fully saturated rings. The number of nitrogens with zero attached hydrogens (tertiary/aromatic N) is 2. The first-order chi connectivity index (χ1) is 8.25. The zero-order valence-electron chi connectivity index (χ0n) is 9.56. The SMILES string of the molecule is NC1(Cc2nc(-c3ccco3)no2)CCCC1. The fraction of sp³-hybridized carbons (Fsp3) is 0.500. The van der Waals surface area contributed by atoms with E-state index < -0.39 is 0 Å². The van der Waals surface area contributed by atoms with Crippen LogP contribution in [-0.2, 0) is 6.42 Å². The Hall–Kier alpha value is -1.62. The topological polar surface area (TPSA) is 78.1 Å². The van der Waals surface area contributed by atoms with Crippen molar-refractivity contribution in [2.45, 2.75) is 37.6 Å². The van der Waals surface area contributed by atoms with Gasteiger partial charge in [0.2, 0.25) is 11.7 Å². The average molecular weight is 233 g/mol. The second kappa shape index (κ2) is 4.00. The van der Waals surface area contributed by atoms with Crippen LogP contribution in [0, 0.1) is 0 Å². The lowest BCUT2D eigenvalue weighted by Gasteiger charge is -2.20. The van der Waals surface area contributed by atoms with E-state index in [1.54, 1.807) is 12.3 Å². The maximum atomic E-state index is 6.27. The predicted octanol–water partition coefficient (Wildman–Crippen LogP) is 2.14. The molecule has 2 N–H and O–H groups in total. The van der Waals surface area contributed by atoms with Crippen LogP contribution in [0.3, 0.4) is 0 Å². The molecule has 2 heterocycles. The van der Waals surface area contributed by atoms with E-state index in [0.29, 0.717) is 23.9 Å². The first-order valence-electron chi connectivity index (χ1n) is 5.91. The Labute approximate surface area is 99.0 Å². The minimum Gasteiger partial charge on any atom is -0.461 e. The molecule has 0 bridgehead atoms. The normalized spacial score (nSPS) is 18.6. The van der Waals surface area contributed by atoms with Gasteiger partial charge in [-0.15, -0.1) is 0 Å². The molecule has 1 aliphatic rings. The first kappa shape index (κ1) is 10.5. The third-order valence-electron chi connectivity index (χ3n) is 3.31. The van der Waals surface area contributed by atoms with Gasteiger partial charge in [0.1, 0.15) is 0 Å². The Kier molecular flexibility index (Phi) is 2.48. The molecule has 5 heteroatoms. The van der Waals surface area contributed by atoms with Crippen LogP contribution in [0.15, 0.2) is 27.3 Å². The minimum atomic E-state index is -0.160. The van der Waals surface area contributed by atoms with Crippen LogP contribution in [0.1, 0.15) is 31.6 Å². The molecule has 3 rings (SSSR count). The number of rotatable bonds is 3. The Morgan fingerprint density at radius 3 is 2.88 bits per heavy atom. The summed E-state index contributed by atoms with van der Waals surface area (Å²) in [5.74, 6) is 1.71. The predicted molar refractivity (Wildman–Crippen MR) is 61.1 cm³/mol. The number of hydrogen-bond donors (Lipinski definition) is 1. The zero-order chi connectivity index (χ0) is 11.7. The summed E-state index contributed by atoms with van der Waals surface area (Å²) in [6.45, 7) is 0. The van der Waals surface area contributed by atoms with Gasteiger partial charge in [-0.3, -0.25) is 0 Å². The van der Waals surface area contributed by atoms with Gasteiger partial charge >= 0.3 is 0 Å². The van der Waals surface area contributed by atoms with Gasteiger partial charge in [-0.1, -0.05) is 18.0 Å². The highest BCUT2D eigenvalue weighted by molar-refractivity contribution is 5.44. The smallest absolute Gasteiger partial charge is 0.238 e. The summed E-state index contributed by atoms with van der Waals surface area (Å²) in [6.07, 6.45) is 6.69. The molecule has 0 amide bonds. The van der Waals surface area contributed by atoms with E-state index >= 15 is 0 Å². The van der Waals surface area contributed by atoms with Crippen LogP contribution < -0.4 is 5.73 Å². The van der Waals surface area contributed by atoms with Gasteiger partial charge < -0.3 is 14.7 Å². The summed E-state index contributed by atoms with van der Waals surface area (Å²) in [7, 11) is 0. The lowest BCUT2D eigenvalue weighted by atomic mass is 9.95. The molecule has 2 aromatic heterocycles. The van der Waals surface area contributed by atoms with Crippen molar-refractivity contribution >= 4 is 0 Å². The van der Waals surface area contributed by atoms with Crippen molar-refractivity contribution in [3.63, 3.8) is 0 Å². The monoisotopic (exact) mass is 233 g/mol. The molecule has 17 heavy (non-hydrogen) atoms. The largest absolute Gasteiger partial charge is 0.461 e. The third-order valence-corrected chi connectivity index (χ3v) is 3.31. The van der Waals surface area contributed by atoms with Crippen molar-refractivity contribution in [3.8, 4) is 11.6 Å². The molecule has 90 valence electrons. The van der Waals surface area contributed by atoms with Gasteiger partial charge in [-0.25, -0.2) is 0 Å². The Bertz CT molecular complexity index is 484. The molecule has 0 saturated heterocycles. The number of furan rings is 1. The highest BCUT2D eigenvalue weighted by Crippen LogP contribution is 2.30. The molecule has 2 aromatic rings.